The molecule has 4 rings (SSSR count). The van der Waals surface area contributed by atoms with Crippen LogP contribution in [0.25, 0.3) is 11.4 Å². The summed E-state index contributed by atoms with van der Waals surface area (Å²) in [6.45, 7) is 4.15. The van der Waals surface area contributed by atoms with E-state index in [2.05, 4.69) is 32.3 Å². The average molecular weight is 544 g/mol. The minimum absolute atomic E-state index is 0.0199. The SMILES string of the molecule is C=CCn1c(SCC(=O)Nc2nnc(SCc3ccc(F)cc3)s2)nnc1-c1ccc([N+](=O)[O-])cc1. The monoisotopic (exact) mass is 543 g/mol. The summed E-state index contributed by atoms with van der Waals surface area (Å²) in [6.07, 6.45) is 1.68. The minimum Gasteiger partial charge on any atom is -0.300 e. The zero-order chi connectivity index (χ0) is 25.5. The molecule has 10 nitrogen and oxygen atoms in total. The number of non-ortho nitro benzene ring substituents is 1. The van der Waals surface area contributed by atoms with Crippen LogP contribution >= 0.6 is 34.9 Å². The highest BCUT2D eigenvalue weighted by atomic mass is 32.2. The maximum absolute atomic E-state index is 13.0. The van der Waals surface area contributed by atoms with Crippen LogP contribution in [0.4, 0.5) is 15.2 Å². The lowest BCUT2D eigenvalue weighted by Gasteiger charge is -2.07. The molecule has 184 valence electrons. The van der Waals surface area contributed by atoms with Crippen molar-refractivity contribution in [2.24, 2.45) is 0 Å². The second-order valence-corrected chi connectivity index (χ2v) is 10.3. The quantitative estimate of drug-likeness (QED) is 0.0908. The second kappa shape index (κ2) is 11.9. The Morgan fingerprint density at radius 2 is 1.86 bits per heavy atom. The molecule has 0 aliphatic rings. The van der Waals surface area contributed by atoms with Crippen molar-refractivity contribution < 1.29 is 14.1 Å². The van der Waals surface area contributed by atoms with Gasteiger partial charge >= 0.3 is 0 Å². The molecule has 0 atom stereocenters. The van der Waals surface area contributed by atoms with Gasteiger partial charge < -0.3 is 0 Å². The summed E-state index contributed by atoms with van der Waals surface area (Å²) in [7, 11) is 0. The summed E-state index contributed by atoms with van der Waals surface area (Å²) in [6, 6.07) is 12.2. The molecular weight excluding hydrogens is 525 g/mol. The number of benzene rings is 2. The van der Waals surface area contributed by atoms with Crippen LogP contribution in [0.2, 0.25) is 0 Å². The first kappa shape index (κ1) is 25.5. The van der Waals surface area contributed by atoms with Crippen LogP contribution in [0.15, 0.2) is 70.7 Å². The Morgan fingerprint density at radius 3 is 2.56 bits per heavy atom. The number of halogens is 1. The van der Waals surface area contributed by atoms with Crippen LogP contribution in [0.5, 0.6) is 0 Å². The number of carbonyl (C=O) groups is 1. The van der Waals surface area contributed by atoms with Gasteiger partial charge in [-0.1, -0.05) is 53.1 Å². The lowest BCUT2D eigenvalue weighted by molar-refractivity contribution is -0.384. The summed E-state index contributed by atoms with van der Waals surface area (Å²) >= 11 is 3.89. The van der Waals surface area contributed by atoms with Gasteiger partial charge in [0.05, 0.1) is 10.7 Å². The molecular formula is C22H18FN7O3S3. The number of hydrogen-bond acceptors (Lipinski definition) is 10. The Kier molecular flexibility index (Phi) is 8.40. The van der Waals surface area contributed by atoms with Gasteiger partial charge in [0, 0.05) is 30.0 Å². The first-order valence-electron chi connectivity index (χ1n) is 10.3. The van der Waals surface area contributed by atoms with Gasteiger partial charge in [-0.25, -0.2) is 4.39 Å². The third kappa shape index (κ3) is 6.53. The smallest absolute Gasteiger partial charge is 0.269 e. The average Bonchev–Trinajstić information content (AvgIpc) is 3.49. The largest absolute Gasteiger partial charge is 0.300 e. The molecule has 0 saturated heterocycles. The third-order valence-electron chi connectivity index (χ3n) is 4.63. The molecule has 0 saturated carbocycles. The van der Waals surface area contributed by atoms with E-state index in [-0.39, 0.29) is 23.2 Å². The number of aromatic nitrogens is 5. The highest BCUT2D eigenvalue weighted by molar-refractivity contribution is 8.00. The van der Waals surface area contributed by atoms with Gasteiger partial charge in [-0.3, -0.25) is 24.8 Å². The lowest BCUT2D eigenvalue weighted by Crippen LogP contribution is -2.14. The Balaban J connectivity index is 1.34. The summed E-state index contributed by atoms with van der Waals surface area (Å²) in [4.78, 5) is 22.9. The summed E-state index contributed by atoms with van der Waals surface area (Å²) < 4.78 is 15.5. The van der Waals surface area contributed by atoms with Crippen molar-refractivity contribution in [3.63, 3.8) is 0 Å². The van der Waals surface area contributed by atoms with Crippen LogP contribution in [0.3, 0.4) is 0 Å². The number of amides is 1. The van der Waals surface area contributed by atoms with Crippen LogP contribution in [0.1, 0.15) is 5.56 Å². The Morgan fingerprint density at radius 1 is 1.11 bits per heavy atom. The van der Waals surface area contributed by atoms with Gasteiger partial charge in [-0.2, -0.15) is 0 Å². The normalized spacial score (nSPS) is 10.8. The van der Waals surface area contributed by atoms with E-state index in [0.29, 0.717) is 38.3 Å². The predicted octanol–water partition coefficient (Wildman–Crippen LogP) is 5.05. The second-order valence-electron chi connectivity index (χ2n) is 7.13. The number of carbonyl (C=O) groups excluding carboxylic acids is 1. The summed E-state index contributed by atoms with van der Waals surface area (Å²) in [5, 5.41) is 30.9. The number of nitrogens with one attached hydrogen (secondary N) is 1. The number of nitrogens with zero attached hydrogens (tertiary/aromatic N) is 6. The molecule has 0 fully saturated rings. The first-order chi connectivity index (χ1) is 17.4. The van der Waals surface area contributed by atoms with E-state index in [9.17, 15) is 19.3 Å². The molecule has 4 aromatic rings. The van der Waals surface area contributed by atoms with E-state index in [4.69, 9.17) is 0 Å². The molecule has 0 aliphatic heterocycles. The van der Waals surface area contributed by atoms with Gasteiger partial charge in [0.25, 0.3) is 5.69 Å². The molecule has 0 aliphatic carbocycles. The summed E-state index contributed by atoms with van der Waals surface area (Å²) in [5.41, 5.74) is 1.59. The zero-order valence-corrected chi connectivity index (χ0v) is 21.0. The van der Waals surface area contributed by atoms with E-state index in [1.807, 2.05) is 0 Å². The van der Waals surface area contributed by atoms with Gasteiger partial charge in [0.15, 0.2) is 15.3 Å². The fourth-order valence-electron chi connectivity index (χ4n) is 2.96. The van der Waals surface area contributed by atoms with Gasteiger partial charge in [-0.05, 0) is 29.8 Å². The molecule has 2 aromatic heterocycles. The fraction of sp³-hybridized carbons (Fsp3) is 0.136. The number of nitro groups is 1. The maximum Gasteiger partial charge on any atom is 0.269 e. The predicted molar refractivity (Wildman–Crippen MR) is 138 cm³/mol. The van der Waals surface area contributed by atoms with E-state index in [0.717, 1.165) is 5.56 Å². The van der Waals surface area contributed by atoms with Crippen LogP contribution < -0.4 is 5.32 Å². The minimum atomic E-state index is -0.469. The van der Waals surface area contributed by atoms with Crippen molar-refractivity contribution in [1.82, 2.24) is 25.0 Å². The number of anilines is 1. The Labute approximate surface area is 217 Å². The maximum atomic E-state index is 13.0. The van der Waals surface area contributed by atoms with Crippen LogP contribution in [0, 0.1) is 15.9 Å². The number of thioether (sulfide) groups is 2. The zero-order valence-electron chi connectivity index (χ0n) is 18.5. The van der Waals surface area contributed by atoms with E-state index < -0.39 is 4.92 Å². The fourth-order valence-corrected chi connectivity index (χ4v) is 5.44. The van der Waals surface area contributed by atoms with E-state index in [1.165, 1.54) is 59.1 Å². The van der Waals surface area contributed by atoms with Gasteiger partial charge in [0.2, 0.25) is 11.0 Å². The molecule has 14 heteroatoms. The number of allylic oxidation sites excluding steroid dienone is 1. The van der Waals surface area contributed by atoms with E-state index >= 15 is 0 Å². The summed E-state index contributed by atoms with van der Waals surface area (Å²) in [5.74, 6) is 0.617. The first-order valence-corrected chi connectivity index (χ1v) is 13.1. The van der Waals surface area contributed by atoms with Crippen molar-refractivity contribution in [2.45, 2.75) is 21.8 Å². The van der Waals surface area contributed by atoms with Crippen molar-refractivity contribution in [3.05, 3.63) is 82.7 Å². The lowest BCUT2D eigenvalue weighted by atomic mass is 10.2. The molecule has 2 heterocycles. The molecule has 0 unspecified atom stereocenters. The van der Waals surface area contributed by atoms with Crippen molar-refractivity contribution >= 4 is 51.6 Å². The highest BCUT2D eigenvalue weighted by Crippen LogP contribution is 2.29. The van der Waals surface area contributed by atoms with Gasteiger partial charge in [0.1, 0.15) is 5.82 Å². The third-order valence-corrected chi connectivity index (χ3v) is 7.64. The van der Waals surface area contributed by atoms with Crippen molar-refractivity contribution in [3.8, 4) is 11.4 Å². The molecule has 1 amide bonds. The number of rotatable bonds is 11. The molecule has 2 aromatic carbocycles. The van der Waals surface area contributed by atoms with Gasteiger partial charge in [-0.15, -0.1) is 27.0 Å². The van der Waals surface area contributed by atoms with E-state index in [1.54, 1.807) is 34.9 Å². The molecule has 0 bridgehead atoms. The molecule has 36 heavy (non-hydrogen) atoms. The van der Waals surface area contributed by atoms with Crippen LogP contribution in [-0.2, 0) is 17.1 Å². The standard InChI is InChI=1S/C22H18FN7O3S3/c1-2-11-29-19(15-5-9-17(10-6-15)30(32)33)25-27-21(29)34-13-18(31)24-20-26-28-22(36-20)35-12-14-3-7-16(23)8-4-14/h2-10H,1,11-13H2,(H,24,26,31). The Hall–Kier alpha value is -3.62. The van der Waals surface area contributed by atoms with Crippen molar-refractivity contribution in [2.75, 3.05) is 11.1 Å². The van der Waals surface area contributed by atoms with Crippen LogP contribution in [-0.4, -0.2) is 41.5 Å². The molecule has 0 radical (unpaired) electrons. The van der Waals surface area contributed by atoms with Crippen molar-refractivity contribution in [1.29, 1.82) is 0 Å². The number of hydrogen-bond donors (Lipinski definition) is 1. The molecule has 1 N–H and O–H groups in total. The number of nitro benzene ring substituents is 1. The molecule has 0 spiro atoms. The Bertz CT molecular complexity index is 1370. The topological polar surface area (TPSA) is 129 Å². The highest BCUT2D eigenvalue weighted by Gasteiger charge is 2.17.